The third kappa shape index (κ3) is 3.01. The molecule has 0 aromatic carbocycles. The second-order valence-electron chi connectivity index (χ2n) is 7.68. The Kier molecular flexibility index (Phi) is 4.38. The molecule has 5 rings (SSSR count). The molecule has 6 heteroatoms. The zero-order chi connectivity index (χ0) is 17.3. The zero-order valence-corrected chi connectivity index (χ0v) is 15.3. The highest BCUT2D eigenvalue weighted by Gasteiger charge is 2.35. The Morgan fingerprint density at radius 3 is 2.69 bits per heavy atom. The highest BCUT2D eigenvalue weighted by molar-refractivity contribution is 5.58. The average molecular weight is 353 g/mol. The van der Waals surface area contributed by atoms with Gasteiger partial charge in [-0.1, -0.05) is 6.42 Å². The summed E-state index contributed by atoms with van der Waals surface area (Å²) in [5, 5.41) is 3.49. The van der Waals surface area contributed by atoms with Crippen molar-refractivity contribution >= 4 is 5.82 Å². The summed E-state index contributed by atoms with van der Waals surface area (Å²) in [6, 6.07) is 4.55. The van der Waals surface area contributed by atoms with Crippen molar-refractivity contribution in [3.8, 4) is 11.6 Å². The van der Waals surface area contributed by atoms with Crippen molar-refractivity contribution < 1.29 is 4.42 Å². The molecule has 2 saturated heterocycles. The number of nitrogens with one attached hydrogen (secondary N) is 1. The van der Waals surface area contributed by atoms with E-state index in [1.807, 2.05) is 12.1 Å². The average Bonchev–Trinajstić information content (AvgIpc) is 3.07. The minimum absolute atomic E-state index is 0.692. The van der Waals surface area contributed by atoms with E-state index in [2.05, 4.69) is 15.1 Å². The summed E-state index contributed by atoms with van der Waals surface area (Å²) in [4.78, 5) is 14.9. The van der Waals surface area contributed by atoms with Crippen LogP contribution in [0.25, 0.3) is 11.6 Å². The smallest absolute Gasteiger partial charge is 0.197 e. The first-order valence-electron chi connectivity index (χ1n) is 10.0. The van der Waals surface area contributed by atoms with Crippen LogP contribution in [0.3, 0.4) is 0 Å². The predicted octanol–water partition coefficient (Wildman–Crippen LogP) is 2.10. The summed E-state index contributed by atoms with van der Waals surface area (Å²) < 4.78 is 5.58. The monoisotopic (exact) mass is 353 g/mol. The Labute approximate surface area is 154 Å². The lowest BCUT2D eigenvalue weighted by molar-refractivity contribution is 0.138. The van der Waals surface area contributed by atoms with Crippen LogP contribution >= 0.6 is 0 Å². The SMILES string of the molecule is c1coc(-c2nc3c(c(N4CC(N5CCCCC5)C4)n2)CCNCC3)c1. The van der Waals surface area contributed by atoms with Gasteiger partial charge in [0.1, 0.15) is 5.82 Å². The number of hydrogen-bond acceptors (Lipinski definition) is 6. The van der Waals surface area contributed by atoms with Gasteiger partial charge in [-0.25, -0.2) is 9.97 Å². The topological polar surface area (TPSA) is 57.4 Å². The second-order valence-corrected chi connectivity index (χ2v) is 7.68. The molecule has 5 heterocycles. The molecule has 3 aliphatic heterocycles. The second kappa shape index (κ2) is 7.00. The standard InChI is InChI=1S/C20H27N5O/c1-2-10-24(11-3-1)15-13-25(14-15)20-16-6-8-21-9-7-17(16)22-19(23-20)18-5-4-12-26-18/h4-5,12,15,21H,1-3,6-11,13-14H2. The first-order chi connectivity index (χ1) is 12.9. The molecule has 1 N–H and O–H groups in total. The molecule has 0 spiro atoms. The van der Waals surface area contributed by atoms with Gasteiger partial charge in [-0.15, -0.1) is 0 Å². The molecule has 26 heavy (non-hydrogen) atoms. The fourth-order valence-electron chi connectivity index (χ4n) is 4.45. The lowest BCUT2D eigenvalue weighted by Crippen LogP contribution is -2.61. The molecule has 0 unspecified atom stereocenters. The van der Waals surface area contributed by atoms with E-state index in [-0.39, 0.29) is 0 Å². The van der Waals surface area contributed by atoms with Crippen molar-refractivity contribution in [3.05, 3.63) is 29.7 Å². The molecule has 0 saturated carbocycles. The molecular weight excluding hydrogens is 326 g/mol. The van der Waals surface area contributed by atoms with E-state index in [0.29, 0.717) is 6.04 Å². The normalized spacial score (nSPS) is 21.9. The molecule has 0 bridgehead atoms. The fraction of sp³-hybridized carbons (Fsp3) is 0.600. The van der Waals surface area contributed by atoms with Gasteiger partial charge in [-0.3, -0.25) is 4.90 Å². The molecular formula is C20H27N5O. The lowest BCUT2D eigenvalue weighted by atomic mass is 10.0. The molecule has 0 radical (unpaired) electrons. The van der Waals surface area contributed by atoms with Crippen LogP contribution in [-0.4, -0.2) is 60.2 Å². The minimum Gasteiger partial charge on any atom is -0.461 e. The summed E-state index contributed by atoms with van der Waals surface area (Å²) in [7, 11) is 0. The summed E-state index contributed by atoms with van der Waals surface area (Å²) in [5.41, 5.74) is 2.52. The zero-order valence-electron chi connectivity index (χ0n) is 15.3. The van der Waals surface area contributed by atoms with Gasteiger partial charge >= 0.3 is 0 Å². The molecule has 3 aliphatic rings. The summed E-state index contributed by atoms with van der Waals surface area (Å²) >= 11 is 0. The Hall–Kier alpha value is -1.92. The van der Waals surface area contributed by atoms with Gasteiger partial charge < -0.3 is 14.6 Å². The van der Waals surface area contributed by atoms with Gasteiger partial charge in [0.2, 0.25) is 0 Å². The van der Waals surface area contributed by atoms with Crippen molar-refractivity contribution in [1.29, 1.82) is 0 Å². The van der Waals surface area contributed by atoms with Crippen molar-refractivity contribution in [2.24, 2.45) is 0 Å². The van der Waals surface area contributed by atoms with E-state index in [1.165, 1.54) is 43.6 Å². The molecule has 0 atom stereocenters. The van der Waals surface area contributed by atoms with Crippen LogP contribution in [0.2, 0.25) is 0 Å². The van der Waals surface area contributed by atoms with Crippen LogP contribution in [0, 0.1) is 0 Å². The Morgan fingerprint density at radius 2 is 1.88 bits per heavy atom. The molecule has 6 nitrogen and oxygen atoms in total. The van der Waals surface area contributed by atoms with Crippen LogP contribution in [0.4, 0.5) is 5.82 Å². The predicted molar refractivity (Wildman–Crippen MR) is 101 cm³/mol. The number of likely N-dealkylation sites (tertiary alicyclic amines) is 1. The number of aromatic nitrogens is 2. The summed E-state index contributed by atoms with van der Waals surface area (Å²) in [5.74, 6) is 2.63. The van der Waals surface area contributed by atoms with Gasteiger partial charge in [-0.05, 0) is 51.0 Å². The van der Waals surface area contributed by atoms with Crippen molar-refractivity contribution in [2.45, 2.75) is 38.1 Å². The number of piperidine rings is 1. The first-order valence-corrected chi connectivity index (χ1v) is 10.0. The third-order valence-electron chi connectivity index (χ3n) is 5.97. The van der Waals surface area contributed by atoms with Crippen molar-refractivity contribution in [1.82, 2.24) is 20.2 Å². The number of nitrogens with zero attached hydrogens (tertiary/aromatic N) is 4. The molecule has 2 aromatic heterocycles. The fourth-order valence-corrected chi connectivity index (χ4v) is 4.45. The van der Waals surface area contributed by atoms with E-state index >= 15 is 0 Å². The van der Waals surface area contributed by atoms with E-state index in [4.69, 9.17) is 14.4 Å². The van der Waals surface area contributed by atoms with Crippen LogP contribution in [0.5, 0.6) is 0 Å². The molecule has 0 aliphatic carbocycles. The maximum atomic E-state index is 5.58. The van der Waals surface area contributed by atoms with Gasteiger partial charge in [-0.2, -0.15) is 0 Å². The van der Waals surface area contributed by atoms with Crippen LogP contribution in [-0.2, 0) is 12.8 Å². The van der Waals surface area contributed by atoms with Crippen molar-refractivity contribution in [2.75, 3.05) is 44.2 Å². The van der Waals surface area contributed by atoms with Crippen LogP contribution in [0.1, 0.15) is 30.5 Å². The number of fused-ring (bicyclic) bond motifs is 1. The van der Waals surface area contributed by atoms with E-state index in [0.717, 1.165) is 56.4 Å². The number of hydrogen-bond donors (Lipinski definition) is 1. The van der Waals surface area contributed by atoms with Gasteiger partial charge in [0.05, 0.1) is 12.0 Å². The first kappa shape index (κ1) is 16.3. The molecule has 0 amide bonds. The highest BCUT2D eigenvalue weighted by atomic mass is 16.3. The number of rotatable bonds is 3. The van der Waals surface area contributed by atoms with Gasteiger partial charge in [0.15, 0.2) is 11.6 Å². The van der Waals surface area contributed by atoms with Crippen LogP contribution < -0.4 is 10.2 Å². The Morgan fingerprint density at radius 1 is 1.04 bits per heavy atom. The van der Waals surface area contributed by atoms with Gasteiger partial charge in [0, 0.05) is 37.7 Å². The van der Waals surface area contributed by atoms with Gasteiger partial charge in [0.25, 0.3) is 0 Å². The highest BCUT2D eigenvalue weighted by Crippen LogP contribution is 2.31. The minimum atomic E-state index is 0.692. The Bertz CT molecular complexity index is 748. The molecule has 2 aromatic rings. The van der Waals surface area contributed by atoms with E-state index in [1.54, 1.807) is 6.26 Å². The molecule has 2 fully saturated rings. The summed E-state index contributed by atoms with van der Waals surface area (Å²) in [6.45, 7) is 6.71. The largest absolute Gasteiger partial charge is 0.461 e. The summed E-state index contributed by atoms with van der Waals surface area (Å²) in [6.07, 6.45) is 7.77. The maximum absolute atomic E-state index is 5.58. The quantitative estimate of drug-likeness (QED) is 0.912. The van der Waals surface area contributed by atoms with E-state index in [9.17, 15) is 0 Å². The van der Waals surface area contributed by atoms with Crippen molar-refractivity contribution in [3.63, 3.8) is 0 Å². The lowest BCUT2D eigenvalue weighted by Gasteiger charge is -2.47. The molecule has 138 valence electrons. The number of anilines is 1. The van der Waals surface area contributed by atoms with E-state index < -0.39 is 0 Å². The van der Waals surface area contributed by atoms with Crippen LogP contribution in [0.15, 0.2) is 22.8 Å². The third-order valence-corrected chi connectivity index (χ3v) is 5.97. The number of furan rings is 1. The maximum Gasteiger partial charge on any atom is 0.197 e. The Balaban J connectivity index is 1.43.